The minimum Gasteiger partial charge on any atom is -0.364 e. The minimum absolute atomic E-state index is 0.320. The van der Waals surface area contributed by atoms with Gasteiger partial charge in [0.05, 0.1) is 17.4 Å². The monoisotopic (exact) mass is 319 g/mol. The van der Waals surface area contributed by atoms with Crippen molar-refractivity contribution in [2.24, 2.45) is 5.73 Å². The maximum atomic E-state index is 11.1. The Kier molecular flexibility index (Phi) is 3.20. The number of benzene rings is 1. The predicted octanol–water partition coefficient (Wildman–Crippen LogP) is 2.19. The lowest BCUT2D eigenvalue weighted by atomic mass is 10.1. The third-order valence-electron chi connectivity index (χ3n) is 3.62. The number of amides is 1. The van der Waals surface area contributed by atoms with Gasteiger partial charge in [-0.25, -0.2) is 9.97 Å². The van der Waals surface area contributed by atoms with Crippen LogP contribution in [-0.2, 0) is 0 Å². The number of nitrogens with one attached hydrogen (secondary N) is 3. The van der Waals surface area contributed by atoms with E-state index in [1.165, 1.54) is 0 Å². The van der Waals surface area contributed by atoms with Crippen molar-refractivity contribution in [2.75, 3.05) is 5.32 Å². The predicted molar refractivity (Wildman–Crippen MR) is 89.7 cm³/mol. The van der Waals surface area contributed by atoms with Gasteiger partial charge < -0.3 is 16.0 Å². The van der Waals surface area contributed by atoms with Gasteiger partial charge in [-0.15, -0.1) is 0 Å². The van der Waals surface area contributed by atoms with Crippen LogP contribution in [0.3, 0.4) is 0 Å². The van der Waals surface area contributed by atoms with E-state index in [-0.39, 0.29) is 0 Å². The number of fused-ring (bicyclic) bond motifs is 1. The van der Waals surface area contributed by atoms with E-state index in [1.54, 1.807) is 24.7 Å². The molecule has 5 N–H and O–H groups in total. The number of hydrogen-bond donors (Lipinski definition) is 4. The van der Waals surface area contributed by atoms with Gasteiger partial charge in [-0.1, -0.05) is 12.1 Å². The van der Waals surface area contributed by atoms with Crippen LogP contribution in [0.25, 0.3) is 22.0 Å². The Hall–Kier alpha value is -3.68. The second kappa shape index (κ2) is 5.51. The summed E-state index contributed by atoms with van der Waals surface area (Å²) in [5.41, 5.74) is 9.01. The lowest BCUT2D eigenvalue weighted by Crippen LogP contribution is -2.10. The minimum atomic E-state index is -0.521. The molecule has 4 aromatic rings. The van der Waals surface area contributed by atoms with Gasteiger partial charge in [-0.3, -0.25) is 9.89 Å². The number of primary amides is 1. The third kappa shape index (κ3) is 2.56. The molecule has 0 fully saturated rings. The Labute approximate surface area is 136 Å². The van der Waals surface area contributed by atoms with Crippen LogP contribution in [-0.4, -0.2) is 31.1 Å². The number of H-pyrrole nitrogens is 2. The van der Waals surface area contributed by atoms with E-state index in [1.807, 2.05) is 24.4 Å². The van der Waals surface area contributed by atoms with Crippen molar-refractivity contribution in [1.29, 1.82) is 0 Å². The highest BCUT2D eigenvalue weighted by Crippen LogP contribution is 2.23. The molecule has 0 aliphatic heterocycles. The molecule has 118 valence electrons. The zero-order chi connectivity index (χ0) is 16.5. The summed E-state index contributed by atoms with van der Waals surface area (Å²) in [5.74, 6) is -0.0888. The number of rotatable bonds is 4. The van der Waals surface area contributed by atoms with E-state index in [9.17, 15) is 4.79 Å². The van der Waals surface area contributed by atoms with Gasteiger partial charge in [-0.2, -0.15) is 5.10 Å². The number of aromatic nitrogens is 5. The maximum Gasteiger partial charge on any atom is 0.265 e. The van der Waals surface area contributed by atoms with Crippen molar-refractivity contribution in [2.45, 2.75) is 0 Å². The van der Waals surface area contributed by atoms with E-state index >= 15 is 0 Å². The molecule has 0 bridgehead atoms. The largest absolute Gasteiger partial charge is 0.364 e. The second-order valence-corrected chi connectivity index (χ2v) is 5.25. The normalized spacial score (nSPS) is 10.8. The van der Waals surface area contributed by atoms with E-state index in [4.69, 9.17) is 5.73 Å². The zero-order valence-electron chi connectivity index (χ0n) is 12.4. The quantitative estimate of drug-likeness (QED) is 0.459. The molecule has 0 atom stereocenters. The van der Waals surface area contributed by atoms with Crippen LogP contribution in [0.4, 0.5) is 11.6 Å². The van der Waals surface area contributed by atoms with E-state index in [2.05, 4.69) is 30.5 Å². The number of carbonyl (C=O) groups is 1. The number of anilines is 2. The molecular formula is C16H13N7O. The van der Waals surface area contributed by atoms with Crippen molar-refractivity contribution in [3.05, 3.63) is 54.7 Å². The number of nitrogens with zero attached hydrogens (tertiary/aromatic N) is 3. The molecule has 8 heteroatoms. The smallest absolute Gasteiger partial charge is 0.265 e. The highest BCUT2D eigenvalue weighted by Gasteiger charge is 2.07. The molecule has 0 saturated carbocycles. The molecule has 0 saturated heterocycles. The molecule has 4 rings (SSSR count). The summed E-state index contributed by atoms with van der Waals surface area (Å²) < 4.78 is 0. The summed E-state index contributed by atoms with van der Waals surface area (Å²) in [4.78, 5) is 22.7. The Morgan fingerprint density at radius 1 is 1.12 bits per heavy atom. The summed E-state index contributed by atoms with van der Waals surface area (Å²) in [5, 5.41) is 10.7. The first-order chi connectivity index (χ1) is 11.7. The molecule has 0 aliphatic rings. The standard InChI is InChI=1S/C16H13N7O/c17-15(24)14-4-12(8-18-14)22-16-19-5-10-2-1-9(3-13(10)23-16)11-6-20-21-7-11/h1-8,18H,(H2,17,24)(H,20,21)(H,19,22,23). The number of aromatic amines is 2. The molecule has 3 heterocycles. The number of carbonyl (C=O) groups excluding carboxylic acids is 1. The van der Waals surface area contributed by atoms with Gasteiger partial charge >= 0.3 is 0 Å². The Morgan fingerprint density at radius 3 is 2.79 bits per heavy atom. The van der Waals surface area contributed by atoms with Gasteiger partial charge in [0.15, 0.2) is 0 Å². The molecule has 0 unspecified atom stereocenters. The Morgan fingerprint density at radius 2 is 2.04 bits per heavy atom. The molecule has 8 nitrogen and oxygen atoms in total. The van der Waals surface area contributed by atoms with Crippen molar-refractivity contribution >= 4 is 28.4 Å². The van der Waals surface area contributed by atoms with Gasteiger partial charge in [0, 0.05) is 29.5 Å². The average Bonchev–Trinajstić information content (AvgIpc) is 3.26. The first kappa shape index (κ1) is 13.9. The maximum absolute atomic E-state index is 11.1. The molecule has 1 aromatic carbocycles. The molecule has 1 amide bonds. The topological polar surface area (TPSA) is 125 Å². The highest BCUT2D eigenvalue weighted by atomic mass is 16.1. The van der Waals surface area contributed by atoms with Crippen molar-refractivity contribution in [3.63, 3.8) is 0 Å². The van der Waals surface area contributed by atoms with Crippen LogP contribution in [0.1, 0.15) is 10.5 Å². The molecule has 0 radical (unpaired) electrons. The van der Waals surface area contributed by atoms with Crippen molar-refractivity contribution in [1.82, 2.24) is 25.1 Å². The van der Waals surface area contributed by atoms with Crippen LogP contribution < -0.4 is 11.1 Å². The van der Waals surface area contributed by atoms with E-state index in [0.717, 1.165) is 22.0 Å². The summed E-state index contributed by atoms with van der Waals surface area (Å²) in [7, 11) is 0. The molecular weight excluding hydrogens is 306 g/mol. The van der Waals surface area contributed by atoms with Gasteiger partial charge in [0.25, 0.3) is 5.91 Å². The van der Waals surface area contributed by atoms with Crippen LogP contribution >= 0.6 is 0 Å². The average molecular weight is 319 g/mol. The second-order valence-electron chi connectivity index (χ2n) is 5.25. The fraction of sp³-hybridized carbons (Fsp3) is 0. The van der Waals surface area contributed by atoms with Gasteiger partial charge in [-0.05, 0) is 17.7 Å². The lowest BCUT2D eigenvalue weighted by Gasteiger charge is -2.05. The Balaban J connectivity index is 1.67. The lowest BCUT2D eigenvalue weighted by molar-refractivity contribution is 0.0996. The first-order valence-corrected chi connectivity index (χ1v) is 7.20. The molecule has 24 heavy (non-hydrogen) atoms. The van der Waals surface area contributed by atoms with Crippen LogP contribution in [0.2, 0.25) is 0 Å². The van der Waals surface area contributed by atoms with Gasteiger partial charge in [0.1, 0.15) is 5.69 Å². The Bertz CT molecular complexity index is 1020. The first-order valence-electron chi connectivity index (χ1n) is 7.20. The fourth-order valence-electron chi connectivity index (χ4n) is 2.41. The van der Waals surface area contributed by atoms with E-state index < -0.39 is 5.91 Å². The van der Waals surface area contributed by atoms with Crippen molar-refractivity contribution < 1.29 is 4.79 Å². The zero-order valence-corrected chi connectivity index (χ0v) is 12.4. The van der Waals surface area contributed by atoms with Crippen LogP contribution in [0.5, 0.6) is 0 Å². The molecule has 3 aromatic heterocycles. The van der Waals surface area contributed by atoms with Crippen LogP contribution in [0, 0.1) is 0 Å². The molecule has 0 spiro atoms. The molecule has 0 aliphatic carbocycles. The van der Waals surface area contributed by atoms with Crippen molar-refractivity contribution in [3.8, 4) is 11.1 Å². The summed E-state index contributed by atoms with van der Waals surface area (Å²) >= 11 is 0. The SMILES string of the molecule is NC(=O)c1cc(Nc2ncc3ccc(-c4cn[nH]c4)cc3n2)c[nH]1. The summed E-state index contributed by atoms with van der Waals surface area (Å²) in [6.07, 6.45) is 6.96. The summed E-state index contributed by atoms with van der Waals surface area (Å²) in [6.45, 7) is 0. The van der Waals surface area contributed by atoms with E-state index in [0.29, 0.717) is 17.3 Å². The third-order valence-corrected chi connectivity index (χ3v) is 3.62. The highest BCUT2D eigenvalue weighted by molar-refractivity contribution is 5.92. The van der Waals surface area contributed by atoms with Crippen LogP contribution in [0.15, 0.2) is 49.1 Å². The number of nitrogens with two attached hydrogens (primary N) is 1. The summed E-state index contributed by atoms with van der Waals surface area (Å²) in [6, 6.07) is 7.54. The number of hydrogen-bond acceptors (Lipinski definition) is 5. The fourth-order valence-corrected chi connectivity index (χ4v) is 2.41. The van der Waals surface area contributed by atoms with Gasteiger partial charge in [0.2, 0.25) is 5.95 Å².